The summed E-state index contributed by atoms with van der Waals surface area (Å²) in [5.41, 5.74) is 0.406. The maximum Gasteiger partial charge on any atom is 0.407 e. The van der Waals surface area contributed by atoms with E-state index in [0.717, 1.165) is 36.6 Å². The number of benzene rings is 2. The van der Waals surface area contributed by atoms with Crippen LogP contribution in [0.1, 0.15) is 30.4 Å². The summed E-state index contributed by atoms with van der Waals surface area (Å²) >= 11 is 5.78. The highest BCUT2D eigenvalue weighted by Gasteiger charge is 2.57. The molecule has 1 aliphatic heterocycles. The van der Waals surface area contributed by atoms with Gasteiger partial charge in [0.1, 0.15) is 11.4 Å². The monoisotopic (exact) mass is 428 g/mol. The fourth-order valence-corrected chi connectivity index (χ4v) is 4.69. The molecule has 1 saturated carbocycles. The summed E-state index contributed by atoms with van der Waals surface area (Å²) < 4.78 is 40.7. The van der Waals surface area contributed by atoms with Gasteiger partial charge in [0.15, 0.2) is 10.8 Å². The number of amidine groups is 1. The lowest BCUT2D eigenvalue weighted by Crippen LogP contribution is -2.55. The summed E-state index contributed by atoms with van der Waals surface area (Å²) in [5, 5.41) is 0.392. The molecular formula is C22H19F3N4S. The Morgan fingerprint density at radius 1 is 1.10 bits per heavy atom. The van der Waals surface area contributed by atoms with Crippen LogP contribution in [0.3, 0.4) is 0 Å². The van der Waals surface area contributed by atoms with Crippen LogP contribution in [0.2, 0.25) is 0 Å². The minimum absolute atomic E-state index is 0.265. The first-order chi connectivity index (χ1) is 14.2. The zero-order chi connectivity index (χ0) is 21.7. The maximum atomic E-state index is 13.6. The van der Waals surface area contributed by atoms with Crippen molar-refractivity contribution in [1.29, 1.82) is 0 Å². The quantitative estimate of drug-likeness (QED) is 0.425. The molecule has 0 radical (unpaired) electrons. The normalized spacial score (nSPS) is 19.3. The van der Waals surface area contributed by atoms with E-state index < -0.39 is 23.0 Å². The van der Waals surface area contributed by atoms with E-state index in [2.05, 4.69) is 9.84 Å². The van der Waals surface area contributed by atoms with Crippen molar-refractivity contribution < 1.29 is 13.2 Å². The zero-order valence-corrected chi connectivity index (χ0v) is 17.3. The van der Waals surface area contributed by atoms with Crippen molar-refractivity contribution >= 4 is 40.2 Å². The van der Waals surface area contributed by atoms with Gasteiger partial charge in [-0.2, -0.15) is 13.2 Å². The minimum Gasteiger partial charge on any atom is -0.305 e. The van der Waals surface area contributed by atoms with Gasteiger partial charge in [-0.1, -0.05) is 23.8 Å². The summed E-state index contributed by atoms with van der Waals surface area (Å²) in [7, 11) is 1.64. The third-order valence-corrected chi connectivity index (χ3v) is 6.15. The molecule has 2 aromatic rings. The fourth-order valence-electron chi connectivity index (χ4n) is 4.22. The molecule has 1 heterocycles. The van der Waals surface area contributed by atoms with E-state index in [1.54, 1.807) is 11.9 Å². The van der Waals surface area contributed by atoms with Gasteiger partial charge in [-0.25, -0.2) is 4.85 Å². The topological polar surface area (TPSA) is 23.2 Å². The Morgan fingerprint density at radius 3 is 2.23 bits per heavy atom. The van der Waals surface area contributed by atoms with E-state index in [9.17, 15) is 13.2 Å². The van der Waals surface area contributed by atoms with E-state index in [0.29, 0.717) is 10.9 Å². The van der Waals surface area contributed by atoms with Crippen LogP contribution in [-0.4, -0.2) is 23.5 Å². The van der Waals surface area contributed by atoms with Crippen molar-refractivity contribution in [2.45, 2.75) is 37.9 Å². The second-order valence-electron chi connectivity index (χ2n) is 7.53. The number of alkyl halides is 3. The van der Waals surface area contributed by atoms with E-state index in [1.807, 2.05) is 36.1 Å². The number of hydrogen-bond acceptors (Lipinski definition) is 2. The van der Waals surface area contributed by atoms with Crippen molar-refractivity contribution in [3.8, 4) is 0 Å². The number of rotatable bonds is 2. The van der Waals surface area contributed by atoms with Gasteiger partial charge in [0.25, 0.3) is 0 Å². The van der Waals surface area contributed by atoms with Crippen LogP contribution in [0.15, 0.2) is 47.5 Å². The first-order valence-corrected chi connectivity index (χ1v) is 9.91. The highest BCUT2D eigenvalue weighted by Crippen LogP contribution is 2.49. The SMILES string of the molecule is [C-]#[N+]c1ccc(N2C(=S)N(c3ccc(C)cc3)C3(CCC3)C2=NC)cc1C(F)(F)F. The van der Waals surface area contributed by atoms with Gasteiger partial charge in [-0.3, -0.25) is 9.89 Å². The molecule has 1 spiro atoms. The molecule has 4 rings (SSSR count). The number of halogens is 3. The first kappa shape index (κ1) is 20.4. The van der Waals surface area contributed by atoms with Crippen LogP contribution >= 0.6 is 12.2 Å². The number of aliphatic imine (C=N–C) groups is 1. The molecule has 2 aromatic carbocycles. The van der Waals surface area contributed by atoms with Gasteiger partial charge in [0.2, 0.25) is 0 Å². The number of hydrogen-bond donors (Lipinski definition) is 0. The zero-order valence-electron chi connectivity index (χ0n) is 16.5. The Morgan fingerprint density at radius 2 is 1.73 bits per heavy atom. The van der Waals surface area contributed by atoms with Crippen molar-refractivity contribution in [1.82, 2.24) is 0 Å². The van der Waals surface area contributed by atoms with Crippen molar-refractivity contribution in [3.05, 3.63) is 65.0 Å². The van der Waals surface area contributed by atoms with Crippen LogP contribution < -0.4 is 9.80 Å². The molecule has 8 heteroatoms. The summed E-state index contributed by atoms with van der Waals surface area (Å²) in [4.78, 5) is 11.1. The first-order valence-electron chi connectivity index (χ1n) is 9.50. The van der Waals surface area contributed by atoms with Crippen LogP contribution in [0.25, 0.3) is 4.85 Å². The van der Waals surface area contributed by atoms with Gasteiger partial charge < -0.3 is 4.90 Å². The molecule has 30 heavy (non-hydrogen) atoms. The molecule has 0 N–H and O–H groups in total. The fraction of sp³-hybridized carbons (Fsp3) is 0.318. The Kier molecular flexibility index (Phi) is 4.82. The van der Waals surface area contributed by atoms with E-state index in [-0.39, 0.29) is 5.69 Å². The number of thiocarbonyl (C=S) groups is 1. The second kappa shape index (κ2) is 7.10. The molecule has 2 aliphatic rings. The van der Waals surface area contributed by atoms with Crippen molar-refractivity contribution in [2.75, 3.05) is 16.8 Å². The van der Waals surface area contributed by atoms with E-state index >= 15 is 0 Å². The predicted molar refractivity (Wildman–Crippen MR) is 116 cm³/mol. The molecule has 0 bridgehead atoms. The molecule has 0 aromatic heterocycles. The Labute approximate surface area is 178 Å². The number of nitrogens with zero attached hydrogens (tertiary/aromatic N) is 4. The molecule has 2 fully saturated rings. The van der Waals surface area contributed by atoms with Gasteiger partial charge in [-0.15, -0.1) is 0 Å². The lowest BCUT2D eigenvalue weighted by Gasteiger charge is -2.44. The summed E-state index contributed by atoms with van der Waals surface area (Å²) in [6.45, 7) is 9.07. The van der Waals surface area contributed by atoms with Crippen molar-refractivity contribution in [2.24, 2.45) is 4.99 Å². The van der Waals surface area contributed by atoms with Crippen molar-refractivity contribution in [3.63, 3.8) is 0 Å². The molecule has 0 amide bonds. The van der Waals surface area contributed by atoms with Crippen LogP contribution in [0.5, 0.6) is 0 Å². The molecule has 154 valence electrons. The van der Waals surface area contributed by atoms with Gasteiger partial charge in [0.05, 0.1) is 12.1 Å². The molecular weight excluding hydrogens is 409 g/mol. The molecule has 4 nitrogen and oxygen atoms in total. The highest BCUT2D eigenvalue weighted by atomic mass is 32.1. The molecule has 1 saturated heterocycles. The van der Waals surface area contributed by atoms with Crippen LogP contribution in [0, 0.1) is 13.5 Å². The predicted octanol–water partition coefficient (Wildman–Crippen LogP) is 6.13. The lowest BCUT2D eigenvalue weighted by atomic mass is 9.74. The van der Waals surface area contributed by atoms with E-state index in [4.69, 9.17) is 18.8 Å². The Bertz CT molecular complexity index is 1080. The third-order valence-electron chi connectivity index (χ3n) is 5.79. The molecule has 0 atom stereocenters. The summed E-state index contributed by atoms with van der Waals surface area (Å²) in [5.74, 6) is 0.642. The Balaban J connectivity index is 1.86. The minimum atomic E-state index is -4.63. The van der Waals surface area contributed by atoms with Gasteiger partial charge >= 0.3 is 6.18 Å². The Hall–Kier alpha value is -2.92. The number of aryl methyl sites for hydroxylation is 1. The highest BCUT2D eigenvalue weighted by molar-refractivity contribution is 7.81. The van der Waals surface area contributed by atoms with Gasteiger partial charge in [0, 0.05) is 18.4 Å². The van der Waals surface area contributed by atoms with Crippen LogP contribution in [-0.2, 0) is 6.18 Å². The van der Waals surface area contributed by atoms with Crippen LogP contribution in [0.4, 0.5) is 30.2 Å². The van der Waals surface area contributed by atoms with E-state index in [1.165, 1.54) is 12.1 Å². The summed E-state index contributed by atoms with van der Waals surface area (Å²) in [6.07, 6.45) is -2.01. The standard InChI is InChI=1S/C22H19F3N4S/c1-14-5-7-15(8-6-14)29-20(30)28(19(27-3)21(29)11-4-12-21)16-9-10-18(26-2)17(13-16)22(23,24)25/h5-10,13H,4,11-12H2,1,3H3. The average molecular weight is 428 g/mol. The summed E-state index contributed by atoms with van der Waals surface area (Å²) in [6, 6.07) is 11.6. The van der Waals surface area contributed by atoms with Gasteiger partial charge in [-0.05, 0) is 62.7 Å². The smallest absolute Gasteiger partial charge is 0.305 e. The molecule has 1 aliphatic carbocycles. The third kappa shape index (κ3) is 2.96. The largest absolute Gasteiger partial charge is 0.407 e. The lowest BCUT2D eigenvalue weighted by molar-refractivity contribution is -0.136. The molecule has 0 unspecified atom stereocenters. The second-order valence-corrected chi connectivity index (χ2v) is 7.90. The average Bonchev–Trinajstić information content (AvgIpc) is 2.96. The number of anilines is 2. The maximum absolute atomic E-state index is 13.6.